The minimum Gasteiger partial charge on any atom is -0.495 e. The van der Waals surface area contributed by atoms with Gasteiger partial charge in [-0.25, -0.2) is 0 Å². The molecule has 0 fully saturated rings. The number of nitrogens with one attached hydrogen (secondary N) is 1. The van der Waals surface area contributed by atoms with E-state index in [1.165, 1.54) is 0 Å². The van der Waals surface area contributed by atoms with E-state index < -0.39 is 0 Å². The zero-order valence-electron chi connectivity index (χ0n) is 15.0. The van der Waals surface area contributed by atoms with Crippen LogP contribution in [0.1, 0.15) is 10.4 Å². The molecule has 1 amide bonds. The molecule has 3 N–H and O–H groups in total. The van der Waals surface area contributed by atoms with Crippen molar-refractivity contribution >= 4 is 28.9 Å². The lowest BCUT2D eigenvalue weighted by Gasteiger charge is -2.13. The lowest BCUT2D eigenvalue weighted by atomic mass is 10.0. The molecule has 0 bridgehead atoms. The van der Waals surface area contributed by atoms with Crippen molar-refractivity contribution < 1.29 is 14.3 Å². The third kappa shape index (κ3) is 3.99. The zero-order chi connectivity index (χ0) is 19.4. The van der Waals surface area contributed by atoms with E-state index in [0.717, 1.165) is 11.1 Å². The summed E-state index contributed by atoms with van der Waals surface area (Å²) in [6.07, 6.45) is 0. The van der Waals surface area contributed by atoms with Gasteiger partial charge in [0.15, 0.2) is 0 Å². The molecule has 0 radical (unpaired) electrons. The molecule has 0 aliphatic carbocycles. The van der Waals surface area contributed by atoms with Crippen LogP contribution in [0.15, 0.2) is 60.7 Å². The molecule has 3 rings (SSSR count). The molecule has 27 heavy (non-hydrogen) atoms. The first kappa shape index (κ1) is 18.6. The number of rotatable bonds is 5. The topological polar surface area (TPSA) is 73.6 Å². The van der Waals surface area contributed by atoms with Gasteiger partial charge in [0, 0.05) is 0 Å². The first-order valence-corrected chi connectivity index (χ1v) is 8.59. The van der Waals surface area contributed by atoms with Crippen molar-refractivity contribution in [1.82, 2.24) is 0 Å². The Bertz CT molecular complexity index is 989. The molecule has 0 heterocycles. The Morgan fingerprint density at radius 2 is 1.56 bits per heavy atom. The minimum absolute atomic E-state index is 0.305. The first-order valence-electron chi connectivity index (χ1n) is 8.21. The molecule has 0 saturated carbocycles. The van der Waals surface area contributed by atoms with Crippen LogP contribution in [0.4, 0.5) is 11.4 Å². The fourth-order valence-corrected chi connectivity index (χ4v) is 2.92. The second kappa shape index (κ2) is 8.01. The van der Waals surface area contributed by atoms with Gasteiger partial charge >= 0.3 is 0 Å². The zero-order valence-corrected chi connectivity index (χ0v) is 15.7. The standard InChI is InChI=1S/C21H19ClN2O3/c1-26-19-11-13(7-9-17(19)23)14-8-10-18(20(12-14)27-2)24-21(25)15-5-3-4-6-16(15)22/h3-12H,23H2,1-2H3,(H,24,25). The number of methoxy groups -OCH3 is 2. The van der Waals surface area contributed by atoms with Crippen LogP contribution in [0.5, 0.6) is 11.5 Å². The van der Waals surface area contributed by atoms with Crippen molar-refractivity contribution in [3.05, 3.63) is 71.2 Å². The van der Waals surface area contributed by atoms with Gasteiger partial charge in [0.25, 0.3) is 5.91 Å². The number of nitrogens with two attached hydrogens (primary N) is 1. The smallest absolute Gasteiger partial charge is 0.257 e. The van der Waals surface area contributed by atoms with Gasteiger partial charge in [-0.15, -0.1) is 0 Å². The van der Waals surface area contributed by atoms with Crippen molar-refractivity contribution in [2.75, 3.05) is 25.3 Å². The maximum absolute atomic E-state index is 12.5. The van der Waals surface area contributed by atoms with Crippen LogP contribution in [-0.4, -0.2) is 20.1 Å². The SMILES string of the molecule is COc1cc(-c2ccc(NC(=O)c3ccccc3Cl)c(OC)c2)ccc1N. The summed E-state index contributed by atoms with van der Waals surface area (Å²) in [5.41, 5.74) is 9.21. The predicted molar refractivity (Wildman–Crippen MR) is 109 cm³/mol. The van der Waals surface area contributed by atoms with Crippen molar-refractivity contribution in [3.8, 4) is 22.6 Å². The van der Waals surface area contributed by atoms with Crippen LogP contribution in [0.25, 0.3) is 11.1 Å². The molecule has 0 aliphatic rings. The average molecular weight is 383 g/mol. The van der Waals surface area contributed by atoms with E-state index in [4.69, 9.17) is 26.8 Å². The first-order chi connectivity index (χ1) is 13.0. The van der Waals surface area contributed by atoms with Crippen LogP contribution < -0.4 is 20.5 Å². The summed E-state index contributed by atoms with van der Waals surface area (Å²) in [4.78, 5) is 12.5. The fraction of sp³-hybridized carbons (Fsp3) is 0.0952. The molecule has 6 heteroatoms. The van der Waals surface area contributed by atoms with Crippen LogP contribution in [0.3, 0.4) is 0 Å². The molecule has 0 unspecified atom stereocenters. The number of carbonyl (C=O) groups excluding carboxylic acids is 1. The van der Waals surface area contributed by atoms with Gasteiger partial charge in [-0.2, -0.15) is 0 Å². The second-order valence-electron chi connectivity index (χ2n) is 5.81. The van der Waals surface area contributed by atoms with Crippen molar-refractivity contribution in [3.63, 3.8) is 0 Å². The number of halogens is 1. The highest BCUT2D eigenvalue weighted by atomic mass is 35.5. The van der Waals surface area contributed by atoms with Gasteiger partial charge in [0.05, 0.1) is 36.2 Å². The Balaban J connectivity index is 1.91. The van der Waals surface area contributed by atoms with Gasteiger partial charge in [0.1, 0.15) is 11.5 Å². The van der Waals surface area contributed by atoms with E-state index in [2.05, 4.69) is 5.32 Å². The highest BCUT2D eigenvalue weighted by molar-refractivity contribution is 6.34. The summed E-state index contributed by atoms with van der Waals surface area (Å²) in [5, 5.41) is 3.22. The third-order valence-electron chi connectivity index (χ3n) is 4.14. The normalized spacial score (nSPS) is 10.3. The Morgan fingerprint density at radius 1 is 0.926 bits per heavy atom. The lowest BCUT2D eigenvalue weighted by Crippen LogP contribution is -2.13. The second-order valence-corrected chi connectivity index (χ2v) is 6.21. The van der Waals surface area contributed by atoms with E-state index in [-0.39, 0.29) is 5.91 Å². The van der Waals surface area contributed by atoms with E-state index in [9.17, 15) is 4.79 Å². The summed E-state index contributed by atoms with van der Waals surface area (Å²) in [6, 6.07) is 17.9. The highest BCUT2D eigenvalue weighted by Crippen LogP contribution is 2.34. The molecular formula is C21H19ClN2O3. The fourth-order valence-electron chi connectivity index (χ4n) is 2.70. The predicted octanol–water partition coefficient (Wildman–Crippen LogP) is 4.86. The summed E-state index contributed by atoms with van der Waals surface area (Å²) in [6.45, 7) is 0. The number of carbonyl (C=O) groups is 1. The molecule has 5 nitrogen and oxygen atoms in total. The Labute approximate surface area is 162 Å². The van der Waals surface area contributed by atoms with Crippen LogP contribution in [-0.2, 0) is 0 Å². The van der Waals surface area contributed by atoms with Crippen LogP contribution in [0.2, 0.25) is 5.02 Å². The summed E-state index contributed by atoms with van der Waals surface area (Å²) < 4.78 is 10.7. The molecular weight excluding hydrogens is 364 g/mol. The molecule has 138 valence electrons. The minimum atomic E-state index is -0.305. The Kier molecular flexibility index (Phi) is 5.52. The Morgan fingerprint density at radius 3 is 2.22 bits per heavy atom. The molecule has 0 saturated heterocycles. The number of hydrogen-bond acceptors (Lipinski definition) is 4. The monoisotopic (exact) mass is 382 g/mol. The van der Waals surface area contributed by atoms with Crippen molar-refractivity contribution in [2.24, 2.45) is 0 Å². The lowest BCUT2D eigenvalue weighted by molar-refractivity contribution is 0.102. The van der Waals surface area contributed by atoms with Crippen LogP contribution in [0, 0.1) is 0 Å². The molecule has 3 aromatic rings. The van der Waals surface area contributed by atoms with E-state index in [1.54, 1.807) is 50.6 Å². The molecule has 3 aromatic carbocycles. The highest BCUT2D eigenvalue weighted by Gasteiger charge is 2.14. The number of hydrogen-bond donors (Lipinski definition) is 2. The summed E-state index contributed by atoms with van der Waals surface area (Å²) in [5.74, 6) is 0.826. The molecule has 0 aromatic heterocycles. The number of ether oxygens (including phenoxy) is 2. The quantitative estimate of drug-likeness (QED) is 0.618. The Hall–Kier alpha value is -3.18. The maximum Gasteiger partial charge on any atom is 0.257 e. The summed E-state index contributed by atoms with van der Waals surface area (Å²) in [7, 11) is 3.12. The van der Waals surface area contributed by atoms with Gasteiger partial charge in [-0.05, 0) is 47.5 Å². The van der Waals surface area contributed by atoms with Crippen molar-refractivity contribution in [2.45, 2.75) is 0 Å². The number of benzene rings is 3. The van der Waals surface area contributed by atoms with E-state index >= 15 is 0 Å². The number of anilines is 2. The largest absolute Gasteiger partial charge is 0.495 e. The molecule has 0 atom stereocenters. The summed E-state index contributed by atoms with van der Waals surface area (Å²) >= 11 is 6.09. The molecule has 0 aliphatic heterocycles. The van der Waals surface area contributed by atoms with Gasteiger partial charge in [-0.3, -0.25) is 4.79 Å². The van der Waals surface area contributed by atoms with Gasteiger partial charge in [0.2, 0.25) is 0 Å². The maximum atomic E-state index is 12.5. The van der Waals surface area contributed by atoms with E-state index in [1.807, 2.05) is 24.3 Å². The van der Waals surface area contributed by atoms with Gasteiger partial charge < -0.3 is 20.5 Å². The van der Waals surface area contributed by atoms with E-state index in [0.29, 0.717) is 33.5 Å². The van der Waals surface area contributed by atoms with Crippen LogP contribution >= 0.6 is 11.6 Å². The van der Waals surface area contributed by atoms with Crippen molar-refractivity contribution in [1.29, 1.82) is 0 Å². The number of amides is 1. The average Bonchev–Trinajstić information content (AvgIpc) is 2.69. The van der Waals surface area contributed by atoms with Gasteiger partial charge in [-0.1, -0.05) is 35.9 Å². The third-order valence-corrected chi connectivity index (χ3v) is 4.46. The number of nitrogen functional groups attached to an aromatic ring is 1. The molecule has 0 spiro atoms.